The number of hydrogen-bond acceptors (Lipinski definition) is 3. The summed E-state index contributed by atoms with van der Waals surface area (Å²) in [6.07, 6.45) is 0.911. The molecule has 0 spiro atoms. The zero-order valence-corrected chi connectivity index (χ0v) is 13.6. The molecule has 112 valence electrons. The molecule has 1 aromatic carbocycles. The molecule has 3 nitrogen and oxygen atoms in total. The Labute approximate surface area is 122 Å². The number of benzene rings is 1. The topological polar surface area (TPSA) is 29.5 Å². The number of methoxy groups -OCH3 is 1. The van der Waals surface area contributed by atoms with E-state index < -0.39 is 0 Å². The van der Waals surface area contributed by atoms with Gasteiger partial charge in [-0.1, -0.05) is 32.0 Å². The van der Waals surface area contributed by atoms with Crippen LogP contribution in [-0.4, -0.2) is 37.4 Å². The Hall–Kier alpha value is -1.35. The van der Waals surface area contributed by atoms with Gasteiger partial charge in [0.2, 0.25) is 0 Å². The van der Waals surface area contributed by atoms with Crippen LogP contribution in [0.1, 0.15) is 33.3 Å². The molecule has 3 heteroatoms. The lowest BCUT2D eigenvalue weighted by Crippen LogP contribution is -2.41. The number of likely N-dealkylation sites (N-methyl/N-ethyl adjacent to an activating group) is 1. The maximum atomic E-state index is 11.6. The number of hydrogen-bond donors (Lipinski definition) is 0. The van der Waals surface area contributed by atoms with Crippen molar-refractivity contribution in [1.29, 1.82) is 0 Å². The number of carbonyl (C=O) groups excluding carboxylic acids is 1. The lowest BCUT2D eigenvalue weighted by atomic mass is 9.88. The van der Waals surface area contributed by atoms with Gasteiger partial charge in [0.1, 0.15) is 11.5 Å². The van der Waals surface area contributed by atoms with Gasteiger partial charge in [0.15, 0.2) is 0 Å². The van der Waals surface area contributed by atoms with Gasteiger partial charge >= 0.3 is 0 Å². The van der Waals surface area contributed by atoms with Crippen LogP contribution in [-0.2, 0) is 11.2 Å². The third-order valence-corrected chi connectivity index (χ3v) is 4.06. The molecule has 0 bridgehead atoms. The standard InChI is InChI=1S/C17H27NO2/c1-13(18(5)12-17(3,4)14(2)19)11-15-9-7-8-10-16(15)20-6/h7-10,13H,11-12H2,1-6H3. The normalized spacial score (nSPS) is 13.3. The van der Waals surface area contributed by atoms with E-state index in [-0.39, 0.29) is 11.2 Å². The van der Waals surface area contributed by atoms with Crippen molar-refractivity contribution in [2.24, 2.45) is 5.41 Å². The van der Waals surface area contributed by atoms with E-state index in [1.54, 1.807) is 14.0 Å². The molecule has 1 aromatic rings. The van der Waals surface area contributed by atoms with Gasteiger partial charge in [0.25, 0.3) is 0 Å². The average molecular weight is 277 g/mol. The van der Waals surface area contributed by atoms with Crippen molar-refractivity contribution in [3.05, 3.63) is 29.8 Å². The molecule has 1 atom stereocenters. The average Bonchev–Trinajstić information content (AvgIpc) is 2.38. The maximum absolute atomic E-state index is 11.6. The van der Waals surface area contributed by atoms with Crippen LogP contribution in [0, 0.1) is 5.41 Å². The lowest BCUT2D eigenvalue weighted by molar-refractivity contribution is -0.125. The minimum atomic E-state index is -0.302. The molecule has 0 N–H and O–H groups in total. The lowest BCUT2D eigenvalue weighted by Gasteiger charge is -2.32. The van der Waals surface area contributed by atoms with E-state index >= 15 is 0 Å². The van der Waals surface area contributed by atoms with E-state index in [0.29, 0.717) is 6.04 Å². The number of carbonyl (C=O) groups is 1. The van der Waals surface area contributed by atoms with Gasteiger partial charge < -0.3 is 9.64 Å². The van der Waals surface area contributed by atoms with Gasteiger partial charge in [-0.2, -0.15) is 0 Å². The highest BCUT2D eigenvalue weighted by atomic mass is 16.5. The molecule has 1 unspecified atom stereocenters. The van der Waals surface area contributed by atoms with Gasteiger partial charge in [-0.05, 0) is 38.9 Å². The van der Waals surface area contributed by atoms with Gasteiger partial charge in [-0.15, -0.1) is 0 Å². The summed E-state index contributed by atoms with van der Waals surface area (Å²) >= 11 is 0. The van der Waals surface area contributed by atoms with E-state index in [9.17, 15) is 4.79 Å². The summed E-state index contributed by atoms with van der Waals surface area (Å²) in [5.74, 6) is 1.16. The number of ketones is 1. The highest BCUT2D eigenvalue weighted by Crippen LogP contribution is 2.23. The van der Waals surface area contributed by atoms with E-state index in [1.807, 2.05) is 32.0 Å². The van der Waals surface area contributed by atoms with Crippen molar-refractivity contribution in [2.75, 3.05) is 20.7 Å². The van der Waals surface area contributed by atoms with Gasteiger partial charge in [0, 0.05) is 18.0 Å². The third-order valence-electron chi connectivity index (χ3n) is 4.06. The van der Waals surface area contributed by atoms with E-state index in [1.165, 1.54) is 5.56 Å². The first kappa shape index (κ1) is 16.7. The molecule has 0 fully saturated rings. The first-order chi connectivity index (χ1) is 9.27. The monoisotopic (exact) mass is 277 g/mol. The van der Waals surface area contributed by atoms with Crippen LogP contribution < -0.4 is 4.74 Å². The predicted molar refractivity (Wildman–Crippen MR) is 83.3 cm³/mol. The third kappa shape index (κ3) is 4.34. The van der Waals surface area contributed by atoms with Crippen molar-refractivity contribution < 1.29 is 9.53 Å². The van der Waals surface area contributed by atoms with Crippen LogP contribution in [0.2, 0.25) is 0 Å². The van der Waals surface area contributed by atoms with E-state index in [2.05, 4.69) is 24.9 Å². The van der Waals surface area contributed by atoms with Crippen LogP contribution in [0.5, 0.6) is 5.75 Å². The quantitative estimate of drug-likeness (QED) is 0.766. The Morgan fingerprint density at radius 3 is 2.50 bits per heavy atom. The SMILES string of the molecule is COc1ccccc1CC(C)N(C)CC(C)(C)C(C)=O. The van der Waals surface area contributed by atoms with Gasteiger partial charge in [-0.25, -0.2) is 0 Å². The Balaban J connectivity index is 2.71. The zero-order chi connectivity index (χ0) is 15.3. The number of ether oxygens (including phenoxy) is 1. The summed E-state index contributed by atoms with van der Waals surface area (Å²) in [5.41, 5.74) is 0.902. The Morgan fingerprint density at radius 1 is 1.35 bits per heavy atom. The number of Topliss-reactive ketones (excluding diaryl/α,β-unsaturated/α-hetero) is 1. The van der Waals surface area contributed by atoms with Crippen molar-refractivity contribution in [2.45, 2.75) is 40.2 Å². The first-order valence-corrected chi connectivity index (χ1v) is 7.11. The molecule has 0 aliphatic heterocycles. The summed E-state index contributed by atoms with van der Waals surface area (Å²) in [6.45, 7) is 8.61. The molecule has 0 aliphatic carbocycles. The summed E-state index contributed by atoms with van der Waals surface area (Å²) < 4.78 is 5.39. The second-order valence-electron chi connectivity index (χ2n) is 6.22. The van der Waals surface area contributed by atoms with Crippen molar-refractivity contribution in [3.8, 4) is 5.75 Å². The summed E-state index contributed by atoms with van der Waals surface area (Å²) in [5, 5.41) is 0. The fourth-order valence-electron chi connectivity index (χ4n) is 2.24. The Morgan fingerprint density at radius 2 is 1.95 bits per heavy atom. The summed E-state index contributed by atoms with van der Waals surface area (Å²) in [7, 11) is 3.77. The highest BCUT2D eigenvalue weighted by molar-refractivity contribution is 5.81. The van der Waals surface area contributed by atoms with Crippen LogP contribution in [0.15, 0.2) is 24.3 Å². The molecule has 0 saturated carbocycles. The summed E-state index contributed by atoms with van der Waals surface area (Å²) in [4.78, 5) is 13.9. The van der Waals surface area contributed by atoms with Crippen molar-refractivity contribution >= 4 is 5.78 Å². The molecule has 1 rings (SSSR count). The van der Waals surface area contributed by atoms with Gasteiger partial charge in [-0.3, -0.25) is 4.79 Å². The molecule has 0 aliphatic rings. The molecule has 0 radical (unpaired) electrons. The maximum Gasteiger partial charge on any atom is 0.136 e. The second-order valence-corrected chi connectivity index (χ2v) is 6.22. The molecular formula is C17H27NO2. The Bertz CT molecular complexity index is 454. The molecule has 0 heterocycles. The first-order valence-electron chi connectivity index (χ1n) is 7.11. The van der Waals surface area contributed by atoms with E-state index in [0.717, 1.165) is 18.7 Å². The van der Waals surface area contributed by atoms with Crippen LogP contribution in [0.25, 0.3) is 0 Å². The van der Waals surface area contributed by atoms with Crippen LogP contribution in [0.3, 0.4) is 0 Å². The second kappa shape index (κ2) is 6.89. The largest absolute Gasteiger partial charge is 0.496 e. The minimum absolute atomic E-state index is 0.230. The van der Waals surface area contributed by atoms with Crippen molar-refractivity contribution in [1.82, 2.24) is 4.90 Å². The zero-order valence-electron chi connectivity index (χ0n) is 13.6. The molecule has 0 amide bonds. The fourth-order valence-corrected chi connectivity index (χ4v) is 2.24. The molecule has 0 aromatic heterocycles. The predicted octanol–water partition coefficient (Wildman–Crippen LogP) is 3.17. The fraction of sp³-hybridized carbons (Fsp3) is 0.588. The molecule has 20 heavy (non-hydrogen) atoms. The Kier molecular flexibility index (Phi) is 5.75. The molecular weight excluding hydrogens is 250 g/mol. The summed E-state index contributed by atoms with van der Waals surface area (Å²) in [6, 6.07) is 8.45. The van der Waals surface area contributed by atoms with Crippen LogP contribution >= 0.6 is 0 Å². The van der Waals surface area contributed by atoms with Gasteiger partial charge in [0.05, 0.1) is 7.11 Å². The minimum Gasteiger partial charge on any atom is -0.496 e. The number of rotatable bonds is 7. The molecule has 0 saturated heterocycles. The van der Waals surface area contributed by atoms with Crippen molar-refractivity contribution in [3.63, 3.8) is 0 Å². The number of para-hydroxylation sites is 1. The highest BCUT2D eigenvalue weighted by Gasteiger charge is 2.27. The van der Waals surface area contributed by atoms with E-state index in [4.69, 9.17) is 4.74 Å². The smallest absolute Gasteiger partial charge is 0.136 e. The van der Waals surface area contributed by atoms with Crippen LogP contribution in [0.4, 0.5) is 0 Å². The number of nitrogens with zero attached hydrogens (tertiary/aromatic N) is 1.